The molecule has 4 rings (SSSR count). The number of hydrogen-bond donors (Lipinski definition) is 1. The molecule has 1 atom stereocenters. The van der Waals surface area contributed by atoms with Crippen LogP contribution < -0.4 is 10.2 Å². The van der Waals surface area contributed by atoms with E-state index in [1.807, 2.05) is 36.7 Å². The zero-order valence-electron chi connectivity index (χ0n) is 16.2. The molecule has 0 bridgehead atoms. The van der Waals surface area contributed by atoms with Gasteiger partial charge in [0.05, 0.1) is 25.0 Å². The van der Waals surface area contributed by atoms with Crippen molar-refractivity contribution in [3.63, 3.8) is 0 Å². The highest BCUT2D eigenvalue weighted by molar-refractivity contribution is 5.82. The lowest BCUT2D eigenvalue weighted by Gasteiger charge is -2.26. The average molecular weight is 372 g/mol. The first-order chi connectivity index (χ1) is 12.9. The molecule has 146 valence electrons. The van der Waals surface area contributed by atoms with Gasteiger partial charge in [-0.2, -0.15) is 0 Å². The van der Waals surface area contributed by atoms with Crippen molar-refractivity contribution < 1.29 is 11.0 Å². The number of carbonyl (C=O) groups is 1. The molecule has 0 saturated carbocycles. The third-order valence-electron chi connectivity index (χ3n) is 5.25. The van der Waals surface area contributed by atoms with Crippen LogP contribution in [0, 0.1) is 0 Å². The van der Waals surface area contributed by atoms with Crippen LogP contribution in [0.5, 0.6) is 0 Å². The fourth-order valence-corrected chi connectivity index (χ4v) is 3.80. The smallest absolute Gasteiger partial charge is 0.240 e. The lowest BCUT2D eigenvalue weighted by Crippen LogP contribution is -2.49. The van der Waals surface area contributed by atoms with Gasteiger partial charge in [0.1, 0.15) is 11.5 Å². The van der Waals surface area contributed by atoms with Crippen LogP contribution in [0.4, 0.5) is 5.82 Å². The molecule has 2 aromatic rings. The molecule has 1 saturated heterocycles. The zero-order chi connectivity index (χ0) is 19.0. The molecule has 0 radical (unpaired) electrons. The Morgan fingerprint density at radius 2 is 2.30 bits per heavy atom. The van der Waals surface area contributed by atoms with E-state index in [9.17, 15) is 4.79 Å². The Kier molecular flexibility index (Phi) is 4.59. The van der Waals surface area contributed by atoms with E-state index in [-0.39, 0.29) is 19.4 Å². The maximum absolute atomic E-state index is 12.6. The second kappa shape index (κ2) is 6.92. The maximum atomic E-state index is 12.6. The molecule has 1 aliphatic carbocycles. The largest absolute Gasteiger partial charge is 0.379 e. The summed E-state index contributed by atoms with van der Waals surface area (Å²) >= 11 is 0. The Morgan fingerprint density at radius 1 is 1.44 bits per heavy atom. The molecule has 1 N–H and O–H groups in total. The first kappa shape index (κ1) is 17.9. The quantitative estimate of drug-likeness (QED) is 0.853. The molecule has 1 amide bonds. The van der Waals surface area contributed by atoms with Gasteiger partial charge in [0.25, 0.3) is 0 Å². The fraction of sp³-hybridized carbons (Fsp3) is 0.579. The van der Waals surface area contributed by atoms with E-state index in [0.29, 0.717) is 19.0 Å². The minimum Gasteiger partial charge on any atom is -0.379 e. The van der Waals surface area contributed by atoms with E-state index in [4.69, 9.17) is 14.7 Å². The first-order valence-electron chi connectivity index (χ1n) is 9.41. The summed E-state index contributed by atoms with van der Waals surface area (Å²) in [5, 5.41) is 3.11. The number of anilines is 1. The predicted molar refractivity (Wildman–Crippen MR) is 104 cm³/mol. The summed E-state index contributed by atoms with van der Waals surface area (Å²) < 4.78 is 7.30. The Labute approximate surface area is 160 Å². The molecule has 27 heavy (non-hydrogen) atoms. The second-order valence-electron chi connectivity index (χ2n) is 7.84. The van der Waals surface area contributed by atoms with E-state index in [1.54, 1.807) is 6.33 Å². The number of nitrogens with zero attached hydrogens (tertiary/aromatic N) is 5. The van der Waals surface area contributed by atoms with Crippen molar-refractivity contribution in [3.8, 4) is 11.5 Å². The Morgan fingerprint density at radius 3 is 3.00 bits per heavy atom. The number of nitrogens with one attached hydrogen (secondary N) is 1. The van der Waals surface area contributed by atoms with Crippen molar-refractivity contribution in [2.45, 2.75) is 38.1 Å². The van der Waals surface area contributed by atoms with Gasteiger partial charge in [-0.25, -0.2) is 15.0 Å². The van der Waals surface area contributed by atoms with Crippen molar-refractivity contribution in [1.29, 1.82) is 0 Å². The number of likely N-dealkylation sites (N-methyl/N-ethyl adjacent to an activating group) is 1. The topological polar surface area (TPSA) is 85.2 Å². The SMILES string of the molecule is CN(CC(=O)NC1(C)CCOC1)c1nc(-c2cn(C)cn2)nc2c1CCC2.[HH]. The Hall–Kier alpha value is -2.48. The van der Waals surface area contributed by atoms with E-state index in [2.05, 4.69) is 10.3 Å². The molecule has 1 unspecified atom stereocenters. The average Bonchev–Trinajstić information content (AvgIpc) is 3.34. The Balaban J connectivity index is 0.00000225. The van der Waals surface area contributed by atoms with Gasteiger partial charge in [-0.15, -0.1) is 0 Å². The summed E-state index contributed by atoms with van der Waals surface area (Å²) in [5.74, 6) is 1.44. The molecular weight excluding hydrogens is 344 g/mol. The minimum atomic E-state index is -0.273. The summed E-state index contributed by atoms with van der Waals surface area (Å²) in [5.41, 5.74) is 2.70. The van der Waals surface area contributed by atoms with E-state index < -0.39 is 0 Å². The number of amides is 1. The van der Waals surface area contributed by atoms with Gasteiger partial charge in [0.15, 0.2) is 5.82 Å². The van der Waals surface area contributed by atoms with Crippen molar-refractivity contribution in [2.75, 3.05) is 31.7 Å². The maximum Gasteiger partial charge on any atom is 0.240 e. The van der Waals surface area contributed by atoms with Gasteiger partial charge in [-0.1, -0.05) is 0 Å². The van der Waals surface area contributed by atoms with E-state index >= 15 is 0 Å². The zero-order valence-corrected chi connectivity index (χ0v) is 16.2. The number of fused-ring (bicyclic) bond motifs is 1. The molecule has 0 aromatic carbocycles. The number of ether oxygens (including phenoxy) is 1. The highest BCUT2D eigenvalue weighted by atomic mass is 16.5. The summed E-state index contributed by atoms with van der Waals surface area (Å²) in [6.45, 7) is 3.54. The van der Waals surface area contributed by atoms with Crippen molar-refractivity contribution in [3.05, 3.63) is 23.8 Å². The monoisotopic (exact) mass is 372 g/mol. The lowest BCUT2D eigenvalue weighted by atomic mass is 10.0. The normalized spacial score (nSPS) is 21.3. The molecule has 1 aliphatic heterocycles. The highest BCUT2D eigenvalue weighted by Crippen LogP contribution is 2.30. The minimum absolute atomic E-state index is 0. The van der Waals surface area contributed by atoms with Crippen LogP contribution in [-0.4, -0.2) is 57.8 Å². The fourth-order valence-electron chi connectivity index (χ4n) is 3.80. The number of aryl methyl sites for hydroxylation is 2. The number of carbonyl (C=O) groups excluding carboxylic acids is 1. The molecule has 3 heterocycles. The van der Waals surface area contributed by atoms with Gasteiger partial charge in [-0.3, -0.25) is 4.79 Å². The third-order valence-corrected chi connectivity index (χ3v) is 5.25. The lowest BCUT2D eigenvalue weighted by molar-refractivity contribution is -0.121. The Bertz CT molecular complexity index is 862. The van der Waals surface area contributed by atoms with E-state index in [1.165, 1.54) is 0 Å². The van der Waals surface area contributed by atoms with Crippen LogP contribution in [0.2, 0.25) is 0 Å². The summed E-state index contributed by atoms with van der Waals surface area (Å²) in [7, 11) is 3.84. The molecule has 2 aliphatic rings. The van der Waals surface area contributed by atoms with Gasteiger partial charge >= 0.3 is 0 Å². The number of imidazole rings is 1. The van der Waals surface area contributed by atoms with Crippen molar-refractivity contribution in [1.82, 2.24) is 24.8 Å². The van der Waals surface area contributed by atoms with Crippen LogP contribution in [-0.2, 0) is 29.4 Å². The number of rotatable bonds is 5. The van der Waals surface area contributed by atoms with Crippen molar-refractivity contribution in [2.24, 2.45) is 7.05 Å². The summed E-state index contributed by atoms with van der Waals surface area (Å²) in [6, 6.07) is 0. The molecule has 0 spiro atoms. The van der Waals surface area contributed by atoms with E-state index in [0.717, 1.165) is 48.5 Å². The molecular formula is C19H28N6O2. The number of hydrogen-bond acceptors (Lipinski definition) is 6. The predicted octanol–water partition coefficient (Wildman–Crippen LogP) is 1.34. The molecule has 8 heteroatoms. The van der Waals surface area contributed by atoms with Crippen LogP contribution >= 0.6 is 0 Å². The summed E-state index contributed by atoms with van der Waals surface area (Å²) in [4.78, 5) is 28.4. The van der Waals surface area contributed by atoms with Crippen LogP contribution in [0.15, 0.2) is 12.5 Å². The van der Waals surface area contributed by atoms with Gasteiger partial charge in [0.2, 0.25) is 5.91 Å². The standard InChI is InChI=1S/C19H26N6O2.H2/c1-19(7-8-27-11-19)23-16(26)10-25(3)18-13-5-4-6-14(13)21-17(22-18)15-9-24(2)12-20-15;/h9,12H,4-8,10-11H2,1-3H3,(H,23,26);1H. The molecule has 2 aromatic heterocycles. The second-order valence-corrected chi connectivity index (χ2v) is 7.84. The van der Waals surface area contributed by atoms with Gasteiger partial charge in [-0.05, 0) is 32.6 Å². The summed E-state index contributed by atoms with van der Waals surface area (Å²) in [6.07, 6.45) is 7.46. The molecule has 8 nitrogen and oxygen atoms in total. The highest BCUT2D eigenvalue weighted by Gasteiger charge is 2.32. The molecule has 1 fully saturated rings. The van der Waals surface area contributed by atoms with Gasteiger partial charge < -0.3 is 19.5 Å². The van der Waals surface area contributed by atoms with Crippen molar-refractivity contribution >= 4 is 11.7 Å². The van der Waals surface area contributed by atoms with Gasteiger partial charge in [0, 0.05) is 39.6 Å². The van der Waals surface area contributed by atoms with Crippen LogP contribution in [0.25, 0.3) is 11.5 Å². The van der Waals surface area contributed by atoms with Crippen LogP contribution in [0.3, 0.4) is 0 Å². The first-order valence-corrected chi connectivity index (χ1v) is 9.41. The number of aromatic nitrogens is 4. The third kappa shape index (κ3) is 3.66. The van der Waals surface area contributed by atoms with Crippen LogP contribution in [0.1, 0.15) is 32.4 Å².